The molecule has 2 unspecified atom stereocenters. The number of hydrogen-bond acceptors (Lipinski definition) is 6. The zero-order valence-corrected chi connectivity index (χ0v) is 14.2. The maximum atomic E-state index is 12.3. The Labute approximate surface area is 141 Å². The molecule has 0 aromatic heterocycles. The minimum atomic E-state index is -0.626. The standard InChI is InChI=1S/C17H24N2O5/c1-10(2)6-12(18)17(21)19-13(8-16(20)22-3)11-4-5-14-15(7-11)24-9-23-14/h4-5,7,10,12-13H,6,8-9,18H2,1-3H3,(H,19,21). The number of benzene rings is 1. The SMILES string of the molecule is COC(=O)CC(NC(=O)C(N)CC(C)C)c1ccc2c(c1)OCO2. The summed E-state index contributed by atoms with van der Waals surface area (Å²) in [5.74, 6) is 0.808. The van der Waals surface area contributed by atoms with Gasteiger partial charge in [0.25, 0.3) is 0 Å². The lowest BCUT2D eigenvalue weighted by Gasteiger charge is -2.21. The highest BCUT2D eigenvalue weighted by Crippen LogP contribution is 2.34. The van der Waals surface area contributed by atoms with Crippen molar-refractivity contribution in [1.82, 2.24) is 5.32 Å². The molecule has 0 bridgehead atoms. The van der Waals surface area contributed by atoms with E-state index in [1.807, 2.05) is 13.8 Å². The number of nitrogens with two attached hydrogens (primary N) is 1. The summed E-state index contributed by atoms with van der Waals surface area (Å²) in [6.45, 7) is 4.15. The number of amides is 1. The molecule has 1 aliphatic heterocycles. The molecule has 7 nitrogen and oxygen atoms in total. The third-order valence-corrected chi connectivity index (χ3v) is 3.78. The smallest absolute Gasteiger partial charge is 0.307 e. The minimum Gasteiger partial charge on any atom is -0.469 e. The van der Waals surface area contributed by atoms with E-state index in [1.165, 1.54) is 7.11 Å². The molecule has 0 aliphatic carbocycles. The van der Waals surface area contributed by atoms with Crippen LogP contribution in [0.4, 0.5) is 0 Å². The molecule has 0 saturated carbocycles. The van der Waals surface area contributed by atoms with Gasteiger partial charge in [0.2, 0.25) is 12.7 Å². The number of esters is 1. The van der Waals surface area contributed by atoms with Crippen LogP contribution in [0.5, 0.6) is 11.5 Å². The summed E-state index contributed by atoms with van der Waals surface area (Å²) in [5, 5.41) is 2.83. The van der Waals surface area contributed by atoms with Crippen LogP contribution in [-0.2, 0) is 14.3 Å². The Morgan fingerprint density at radius 2 is 2.00 bits per heavy atom. The van der Waals surface area contributed by atoms with E-state index in [0.717, 1.165) is 5.56 Å². The van der Waals surface area contributed by atoms with Gasteiger partial charge in [-0.1, -0.05) is 19.9 Å². The van der Waals surface area contributed by atoms with Gasteiger partial charge >= 0.3 is 5.97 Å². The van der Waals surface area contributed by atoms with E-state index < -0.39 is 18.1 Å². The minimum absolute atomic E-state index is 0.0102. The molecular formula is C17H24N2O5. The van der Waals surface area contributed by atoms with Crippen LogP contribution in [0.25, 0.3) is 0 Å². The van der Waals surface area contributed by atoms with E-state index in [2.05, 4.69) is 5.32 Å². The quantitative estimate of drug-likeness (QED) is 0.732. The highest BCUT2D eigenvalue weighted by molar-refractivity contribution is 5.82. The monoisotopic (exact) mass is 336 g/mol. The van der Waals surface area contributed by atoms with E-state index in [-0.39, 0.29) is 19.1 Å². The fourth-order valence-electron chi connectivity index (χ4n) is 2.53. The van der Waals surface area contributed by atoms with Gasteiger partial charge in [0.1, 0.15) is 0 Å². The lowest BCUT2D eigenvalue weighted by molar-refractivity contribution is -0.141. The average molecular weight is 336 g/mol. The maximum Gasteiger partial charge on any atom is 0.307 e. The molecule has 0 spiro atoms. The lowest BCUT2D eigenvalue weighted by atomic mass is 10.0. The number of hydrogen-bond donors (Lipinski definition) is 2. The number of methoxy groups -OCH3 is 1. The topological polar surface area (TPSA) is 99.9 Å². The van der Waals surface area contributed by atoms with Crippen LogP contribution in [0.3, 0.4) is 0 Å². The first-order valence-electron chi connectivity index (χ1n) is 7.93. The van der Waals surface area contributed by atoms with Crippen molar-refractivity contribution >= 4 is 11.9 Å². The Morgan fingerprint density at radius 1 is 1.29 bits per heavy atom. The summed E-state index contributed by atoms with van der Waals surface area (Å²) in [4.78, 5) is 24.0. The van der Waals surface area contributed by atoms with Crippen LogP contribution in [0.15, 0.2) is 18.2 Å². The van der Waals surface area contributed by atoms with Crippen LogP contribution < -0.4 is 20.5 Å². The number of carbonyl (C=O) groups is 2. The molecule has 2 atom stereocenters. The molecule has 7 heteroatoms. The highest BCUT2D eigenvalue weighted by atomic mass is 16.7. The largest absolute Gasteiger partial charge is 0.469 e. The van der Waals surface area contributed by atoms with E-state index >= 15 is 0 Å². The van der Waals surface area contributed by atoms with E-state index in [4.69, 9.17) is 19.9 Å². The normalized spacial score (nSPS) is 15.0. The zero-order chi connectivity index (χ0) is 17.7. The summed E-state index contributed by atoms with van der Waals surface area (Å²) >= 11 is 0. The molecule has 0 saturated heterocycles. The first-order valence-corrected chi connectivity index (χ1v) is 7.93. The van der Waals surface area contributed by atoms with Gasteiger partial charge in [0.05, 0.1) is 25.6 Å². The van der Waals surface area contributed by atoms with Crippen molar-refractivity contribution in [3.05, 3.63) is 23.8 Å². The van der Waals surface area contributed by atoms with Crippen LogP contribution in [0, 0.1) is 5.92 Å². The second-order valence-electron chi connectivity index (χ2n) is 6.19. The summed E-state index contributed by atoms with van der Waals surface area (Å²) in [6.07, 6.45) is 0.578. The molecule has 1 aliphatic rings. The van der Waals surface area contributed by atoms with E-state index in [1.54, 1.807) is 18.2 Å². The van der Waals surface area contributed by atoms with Gasteiger partial charge in [0.15, 0.2) is 11.5 Å². The number of rotatable bonds is 7. The Balaban J connectivity index is 2.15. The van der Waals surface area contributed by atoms with Gasteiger partial charge in [-0.15, -0.1) is 0 Å². The number of nitrogens with one attached hydrogen (secondary N) is 1. The maximum absolute atomic E-state index is 12.3. The summed E-state index contributed by atoms with van der Waals surface area (Å²) in [6, 6.07) is 4.12. The van der Waals surface area contributed by atoms with Crippen molar-refractivity contribution in [2.75, 3.05) is 13.9 Å². The van der Waals surface area contributed by atoms with Gasteiger partial charge in [-0.3, -0.25) is 9.59 Å². The molecule has 1 heterocycles. The Hall–Kier alpha value is -2.28. The third-order valence-electron chi connectivity index (χ3n) is 3.78. The molecule has 1 amide bonds. The van der Waals surface area contributed by atoms with Crippen molar-refractivity contribution < 1.29 is 23.8 Å². The van der Waals surface area contributed by atoms with Crippen LogP contribution in [-0.4, -0.2) is 31.8 Å². The molecular weight excluding hydrogens is 312 g/mol. The van der Waals surface area contributed by atoms with Crippen molar-refractivity contribution in [2.45, 2.75) is 38.8 Å². The lowest BCUT2D eigenvalue weighted by Crippen LogP contribution is -2.43. The molecule has 24 heavy (non-hydrogen) atoms. The molecule has 132 valence electrons. The van der Waals surface area contributed by atoms with Crippen molar-refractivity contribution in [1.29, 1.82) is 0 Å². The van der Waals surface area contributed by atoms with Crippen LogP contribution in [0.1, 0.15) is 38.3 Å². The second kappa shape index (κ2) is 8.01. The molecule has 1 aromatic carbocycles. The number of fused-ring (bicyclic) bond motifs is 1. The summed E-state index contributed by atoms with van der Waals surface area (Å²) in [5.41, 5.74) is 6.66. The molecule has 2 rings (SSSR count). The average Bonchev–Trinajstić information content (AvgIpc) is 3.00. The molecule has 0 radical (unpaired) electrons. The number of ether oxygens (including phenoxy) is 3. The van der Waals surface area contributed by atoms with Crippen molar-refractivity contribution in [2.24, 2.45) is 11.7 Å². The number of carbonyl (C=O) groups excluding carboxylic acids is 2. The fourth-order valence-corrected chi connectivity index (χ4v) is 2.53. The van der Waals surface area contributed by atoms with Crippen LogP contribution in [0.2, 0.25) is 0 Å². The van der Waals surface area contributed by atoms with Gasteiger partial charge in [-0.2, -0.15) is 0 Å². The highest BCUT2D eigenvalue weighted by Gasteiger charge is 2.24. The van der Waals surface area contributed by atoms with Crippen LogP contribution >= 0.6 is 0 Å². The third kappa shape index (κ3) is 4.61. The molecule has 3 N–H and O–H groups in total. The van der Waals surface area contributed by atoms with E-state index in [9.17, 15) is 9.59 Å². The van der Waals surface area contributed by atoms with Gasteiger partial charge in [-0.25, -0.2) is 0 Å². The summed E-state index contributed by atoms with van der Waals surface area (Å²) in [7, 11) is 1.31. The Morgan fingerprint density at radius 3 is 2.67 bits per heavy atom. The van der Waals surface area contributed by atoms with Crippen molar-refractivity contribution in [3.63, 3.8) is 0 Å². The first kappa shape index (κ1) is 18.1. The van der Waals surface area contributed by atoms with Gasteiger partial charge < -0.3 is 25.3 Å². The first-order chi connectivity index (χ1) is 11.4. The zero-order valence-electron chi connectivity index (χ0n) is 14.2. The van der Waals surface area contributed by atoms with Crippen molar-refractivity contribution in [3.8, 4) is 11.5 Å². The van der Waals surface area contributed by atoms with Gasteiger partial charge in [-0.05, 0) is 30.0 Å². The van der Waals surface area contributed by atoms with E-state index in [0.29, 0.717) is 23.8 Å². The molecule has 0 fully saturated rings. The fraction of sp³-hybridized carbons (Fsp3) is 0.529. The predicted octanol–water partition coefficient (Wildman–Crippen LogP) is 1.51. The molecule has 1 aromatic rings. The summed E-state index contributed by atoms with van der Waals surface area (Å²) < 4.78 is 15.4. The predicted molar refractivity (Wildman–Crippen MR) is 87.5 cm³/mol. The Bertz CT molecular complexity index is 603. The van der Waals surface area contributed by atoms with Gasteiger partial charge in [0, 0.05) is 0 Å². The second-order valence-corrected chi connectivity index (χ2v) is 6.19. The Kier molecular flexibility index (Phi) is 6.03.